The van der Waals surface area contributed by atoms with Crippen molar-refractivity contribution < 1.29 is 9.53 Å². The fourth-order valence-corrected chi connectivity index (χ4v) is 3.75. The summed E-state index contributed by atoms with van der Waals surface area (Å²) >= 11 is 5.87. The minimum Gasteiger partial charge on any atom is -0.462 e. The summed E-state index contributed by atoms with van der Waals surface area (Å²) in [6.45, 7) is 0.899. The number of hydrogen-bond donors (Lipinski definition) is 1. The molecule has 3 nitrogen and oxygen atoms in total. The Morgan fingerprint density at radius 2 is 1.62 bits per heavy atom. The highest BCUT2D eigenvalue weighted by Gasteiger charge is 2.24. The normalized spacial score (nSPS) is 19.9. The van der Waals surface area contributed by atoms with Gasteiger partial charge in [-0.3, -0.25) is 4.79 Å². The van der Waals surface area contributed by atoms with Crippen LogP contribution in [0.25, 0.3) is 0 Å². The minimum atomic E-state index is -0.146. The first-order valence-electron chi connectivity index (χ1n) is 9.31. The molecule has 1 fully saturated rings. The van der Waals surface area contributed by atoms with E-state index in [-0.39, 0.29) is 12.1 Å². The zero-order chi connectivity index (χ0) is 18.4. The van der Waals surface area contributed by atoms with Gasteiger partial charge in [0.2, 0.25) is 0 Å². The lowest BCUT2D eigenvalue weighted by Crippen LogP contribution is -2.24. The molecule has 0 radical (unpaired) electrons. The predicted molar refractivity (Wildman–Crippen MR) is 105 cm³/mol. The van der Waals surface area contributed by atoms with Crippen molar-refractivity contribution in [1.82, 2.24) is 5.32 Å². The minimum absolute atomic E-state index is 0.0506. The highest BCUT2D eigenvalue weighted by molar-refractivity contribution is 6.30. The Balaban J connectivity index is 1.45. The summed E-state index contributed by atoms with van der Waals surface area (Å²) in [4.78, 5) is 12.2. The molecule has 1 aliphatic carbocycles. The van der Waals surface area contributed by atoms with Crippen LogP contribution >= 0.6 is 11.6 Å². The van der Waals surface area contributed by atoms with E-state index in [0.717, 1.165) is 37.8 Å². The Morgan fingerprint density at radius 3 is 2.23 bits per heavy atom. The number of halogens is 1. The SMILES string of the molecule is CNCc1ccc([C@H]2CC[C@H](OC(=O)Cc3ccc(Cl)cc3)CC2)cc1. The van der Waals surface area contributed by atoms with Gasteiger partial charge in [0, 0.05) is 11.6 Å². The zero-order valence-electron chi connectivity index (χ0n) is 15.2. The molecule has 0 aliphatic heterocycles. The van der Waals surface area contributed by atoms with Gasteiger partial charge in [0.05, 0.1) is 6.42 Å². The highest BCUT2D eigenvalue weighted by atomic mass is 35.5. The molecule has 2 aromatic carbocycles. The van der Waals surface area contributed by atoms with Gasteiger partial charge in [-0.1, -0.05) is 48.0 Å². The fourth-order valence-electron chi connectivity index (χ4n) is 3.62. The number of ether oxygens (including phenoxy) is 1. The van der Waals surface area contributed by atoms with E-state index in [4.69, 9.17) is 16.3 Å². The van der Waals surface area contributed by atoms with E-state index in [1.165, 1.54) is 11.1 Å². The first-order chi connectivity index (χ1) is 12.6. The number of carbonyl (C=O) groups excluding carboxylic acids is 1. The van der Waals surface area contributed by atoms with Crippen LogP contribution in [-0.2, 0) is 22.5 Å². The maximum absolute atomic E-state index is 12.2. The van der Waals surface area contributed by atoms with Crippen molar-refractivity contribution in [2.45, 2.75) is 50.7 Å². The molecular weight excluding hydrogens is 346 g/mol. The summed E-state index contributed by atoms with van der Waals surface area (Å²) in [6, 6.07) is 16.2. The lowest BCUT2D eigenvalue weighted by atomic mass is 9.82. The molecule has 0 aromatic heterocycles. The number of benzene rings is 2. The van der Waals surface area contributed by atoms with Gasteiger partial charge in [-0.25, -0.2) is 0 Å². The van der Waals surface area contributed by atoms with Crippen molar-refractivity contribution >= 4 is 17.6 Å². The molecule has 0 atom stereocenters. The molecule has 0 unspecified atom stereocenters. The number of carbonyl (C=O) groups is 1. The molecular formula is C22H26ClNO2. The molecule has 26 heavy (non-hydrogen) atoms. The van der Waals surface area contributed by atoms with Gasteiger partial charge in [-0.05, 0) is 67.5 Å². The second-order valence-electron chi connectivity index (χ2n) is 7.04. The third-order valence-corrected chi connectivity index (χ3v) is 5.32. The molecule has 138 valence electrons. The summed E-state index contributed by atoms with van der Waals surface area (Å²) in [6.07, 6.45) is 4.39. The second-order valence-corrected chi connectivity index (χ2v) is 7.48. The van der Waals surface area contributed by atoms with Crippen molar-refractivity contribution in [2.24, 2.45) is 0 Å². The van der Waals surface area contributed by atoms with E-state index in [9.17, 15) is 4.79 Å². The van der Waals surface area contributed by atoms with Crippen LogP contribution in [0, 0.1) is 0 Å². The van der Waals surface area contributed by atoms with Crippen LogP contribution in [0.15, 0.2) is 48.5 Å². The van der Waals surface area contributed by atoms with Gasteiger partial charge in [-0.2, -0.15) is 0 Å². The Kier molecular flexibility index (Phi) is 6.70. The Bertz CT molecular complexity index is 704. The van der Waals surface area contributed by atoms with E-state index < -0.39 is 0 Å². The van der Waals surface area contributed by atoms with E-state index in [0.29, 0.717) is 17.4 Å². The van der Waals surface area contributed by atoms with Gasteiger partial charge < -0.3 is 10.1 Å². The van der Waals surface area contributed by atoms with Crippen LogP contribution < -0.4 is 5.32 Å². The second kappa shape index (κ2) is 9.20. The van der Waals surface area contributed by atoms with Crippen molar-refractivity contribution in [3.63, 3.8) is 0 Å². The van der Waals surface area contributed by atoms with Gasteiger partial charge in [0.15, 0.2) is 0 Å². The van der Waals surface area contributed by atoms with Gasteiger partial charge in [-0.15, -0.1) is 0 Å². The van der Waals surface area contributed by atoms with Crippen LogP contribution in [0.1, 0.15) is 48.3 Å². The molecule has 1 N–H and O–H groups in total. The van der Waals surface area contributed by atoms with Gasteiger partial charge >= 0.3 is 5.97 Å². The number of esters is 1. The zero-order valence-corrected chi connectivity index (χ0v) is 16.0. The predicted octanol–water partition coefficient (Wildman–Crippen LogP) is 4.87. The van der Waals surface area contributed by atoms with Crippen molar-refractivity contribution in [3.05, 3.63) is 70.2 Å². The van der Waals surface area contributed by atoms with E-state index in [1.54, 1.807) is 12.1 Å². The van der Waals surface area contributed by atoms with E-state index >= 15 is 0 Å². The van der Waals surface area contributed by atoms with Gasteiger partial charge in [0.1, 0.15) is 6.10 Å². The van der Waals surface area contributed by atoms with Crippen LogP contribution in [-0.4, -0.2) is 19.1 Å². The Hall–Kier alpha value is -1.84. The van der Waals surface area contributed by atoms with Crippen LogP contribution in [0.5, 0.6) is 0 Å². The first-order valence-corrected chi connectivity index (χ1v) is 9.69. The molecule has 2 aromatic rings. The number of nitrogens with one attached hydrogen (secondary N) is 1. The topological polar surface area (TPSA) is 38.3 Å². The molecule has 0 spiro atoms. The van der Waals surface area contributed by atoms with Gasteiger partial charge in [0.25, 0.3) is 0 Å². The summed E-state index contributed by atoms with van der Waals surface area (Å²) in [5.41, 5.74) is 3.65. The van der Waals surface area contributed by atoms with E-state index in [1.807, 2.05) is 19.2 Å². The largest absolute Gasteiger partial charge is 0.462 e. The summed E-state index contributed by atoms with van der Waals surface area (Å²) in [5.74, 6) is 0.428. The number of rotatable bonds is 6. The fraction of sp³-hybridized carbons (Fsp3) is 0.409. The standard InChI is InChI=1S/C22H26ClNO2/c1-24-15-17-2-6-18(7-3-17)19-8-12-21(13-9-19)26-22(25)14-16-4-10-20(23)11-5-16/h2-7,10-11,19,21,24H,8-9,12-15H2,1H3/t19-,21-. The molecule has 0 amide bonds. The lowest BCUT2D eigenvalue weighted by Gasteiger charge is -2.28. The third-order valence-electron chi connectivity index (χ3n) is 5.07. The lowest BCUT2D eigenvalue weighted by molar-refractivity contribution is -0.149. The molecule has 0 saturated heterocycles. The third kappa shape index (κ3) is 5.33. The molecule has 0 bridgehead atoms. The van der Waals surface area contributed by atoms with Crippen LogP contribution in [0.3, 0.4) is 0 Å². The average molecular weight is 372 g/mol. The van der Waals surface area contributed by atoms with Crippen molar-refractivity contribution in [1.29, 1.82) is 0 Å². The van der Waals surface area contributed by atoms with Crippen molar-refractivity contribution in [3.8, 4) is 0 Å². The Labute approximate surface area is 160 Å². The number of hydrogen-bond acceptors (Lipinski definition) is 3. The van der Waals surface area contributed by atoms with Crippen LogP contribution in [0.2, 0.25) is 5.02 Å². The Morgan fingerprint density at radius 1 is 1.00 bits per heavy atom. The molecule has 1 aliphatic rings. The summed E-state index contributed by atoms with van der Waals surface area (Å²) in [7, 11) is 1.96. The molecule has 0 heterocycles. The van der Waals surface area contributed by atoms with Crippen LogP contribution in [0.4, 0.5) is 0 Å². The maximum Gasteiger partial charge on any atom is 0.310 e. The average Bonchev–Trinajstić information content (AvgIpc) is 2.65. The van der Waals surface area contributed by atoms with E-state index in [2.05, 4.69) is 29.6 Å². The summed E-state index contributed by atoms with van der Waals surface area (Å²) in [5, 5.41) is 3.85. The monoisotopic (exact) mass is 371 g/mol. The maximum atomic E-state index is 12.2. The molecule has 3 rings (SSSR count). The molecule has 1 saturated carbocycles. The quantitative estimate of drug-likeness (QED) is 0.736. The first kappa shape index (κ1) is 18.9. The smallest absolute Gasteiger partial charge is 0.310 e. The molecule has 4 heteroatoms. The van der Waals surface area contributed by atoms with Crippen molar-refractivity contribution in [2.75, 3.05) is 7.05 Å². The highest BCUT2D eigenvalue weighted by Crippen LogP contribution is 2.34. The summed E-state index contributed by atoms with van der Waals surface area (Å²) < 4.78 is 5.68.